The number of aryl methyl sites for hydroxylation is 1. The van der Waals surface area contributed by atoms with Crippen molar-refractivity contribution in [3.8, 4) is 5.75 Å². The molecule has 0 aliphatic carbocycles. The molecule has 0 aromatic heterocycles. The molecule has 1 unspecified atom stereocenters. The van der Waals surface area contributed by atoms with Crippen LogP contribution in [0.25, 0.3) is 0 Å². The molecule has 0 spiro atoms. The minimum atomic E-state index is -3.79. The van der Waals surface area contributed by atoms with Gasteiger partial charge in [-0.15, -0.1) is 0 Å². The van der Waals surface area contributed by atoms with Crippen LogP contribution in [0, 0.1) is 6.92 Å². The molecule has 2 fully saturated rings. The number of methoxy groups -OCH3 is 1. The van der Waals surface area contributed by atoms with Gasteiger partial charge in [0.05, 0.1) is 31.8 Å². The summed E-state index contributed by atoms with van der Waals surface area (Å²) >= 11 is 0. The number of ether oxygens (including phenoxy) is 2. The fraction of sp³-hybridized carbons (Fsp3) is 0.435. The molecule has 9 heteroatoms. The first kappa shape index (κ1) is 22.7. The van der Waals surface area contributed by atoms with Gasteiger partial charge in [0, 0.05) is 26.2 Å². The maximum absolute atomic E-state index is 13.5. The van der Waals surface area contributed by atoms with Gasteiger partial charge in [0.15, 0.2) is 0 Å². The molecule has 1 atom stereocenters. The summed E-state index contributed by atoms with van der Waals surface area (Å²) in [6.07, 6.45) is -0.708. The van der Waals surface area contributed by atoms with Crippen LogP contribution in [0.2, 0.25) is 0 Å². The third-order valence-electron chi connectivity index (χ3n) is 5.95. The van der Waals surface area contributed by atoms with Crippen LogP contribution in [0.3, 0.4) is 0 Å². The normalized spacial score (nSPS) is 20.4. The van der Waals surface area contributed by atoms with Crippen molar-refractivity contribution in [2.45, 2.75) is 18.0 Å². The number of amides is 1. The van der Waals surface area contributed by atoms with E-state index in [4.69, 9.17) is 9.47 Å². The van der Waals surface area contributed by atoms with E-state index >= 15 is 0 Å². The molecule has 2 heterocycles. The van der Waals surface area contributed by atoms with E-state index in [-0.39, 0.29) is 23.9 Å². The highest BCUT2D eigenvalue weighted by Crippen LogP contribution is 2.36. The first-order chi connectivity index (χ1) is 15.4. The summed E-state index contributed by atoms with van der Waals surface area (Å²) in [5.74, 6) is 0.584. The molecule has 0 bridgehead atoms. The van der Waals surface area contributed by atoms with E-state index in [0.29, 0.717) is 38.6 Å². The number of carbonyl (C=O) groups is 1. The molecule has 0 saturated carbocycles. The third kappa shape index (κ3) is 4.66. The van der Waals surface area contributed by atoms with Crippen LogP contribution in [0.5, 0.6) is 5.75 Å². The van der Waals surface area contributed by atoms with Gasteiger partial charge >= 0.3 is 0 Å². The Balaban J connectivity index is 1.66. The third-order valence-corrected chi connectivity index (χ3v) is 7.82. The minimum Gasteiger partial charge on any atom is -0.497 e. The molecular weight excluding hydrogens is 430 g/mol. The molecule has 8 nitrogen and oxygen atoms in total. The lowest BCUT2D eigenvalue weighted by Gasteiger charge is -2.33. The predicted octanol–water partition coefficient (Wildman–Crippen LogP) is 1.87. The van der Waals surface area contributed by atoms with Crippen molar-refractivity contribution in [3.63, 3.8) is 0 Å². The molecule has 1 amide bonds. The highest BCUT2D eigenvalue weighted by atomic mass is 32.2. The summed E-state index contributed by atoms with van der Waals surface area (Å²) in [5, 5.41) is 0. The van der Waals surface area contributed by atoms with Crippen molar-refractivity contribution in [1.82, 2.24) is 14.1 Å². The van der Waals surface area contributed by atoms with Crippen molar-refractivity contribution in [2.24, 2.45) is 0 Å². The second kappa shape index (κ2) is 9.58. The summed E-state index contributed by atoms with van der Waals surface area (Å²) in [6.45, 7) is 5.32. The Hall–Kier alpha value is -2.46. The van der Waals surface area contributed by atoms with E-state index in [9.17, 15) is 13.2 Å². The Bertz CT molecular complexity index is 1030. The maximum Gasteiger partial charge on any atom is 0.245 e. The number of sulfonamides is 1. The van der Waals surface area contributed by atoms with Crippen LogP contribution in [0.1, 0.15) is 17.3 Å². The van der Waals surface area contributed by atoms with Gasteiger partial charge in [-0.1, -0.05) is 29.8 Å². The lowest BCUT2D eigenvalue weighted by atomic mass is 10.1. The van der Waals surface area contributed by atoms with Gasteiger partial charge in [-0.05, 0) is 36.8 Å². The van der Waals surface area contributed by atoms with Crippen LogP contribution >= 0.6 is 0 Å². The molecular formula is C23H29N3O5S. The zero-order chi connectivity index (χ0) is 22.7. The maximum atomic E-state index is 13.5. The standard InChI is InChI=1S/C23H29N3O5S/c1-18-3-9-21(10-4-18)32(28,29)26-12-11-25(22(27)17-24-13-15-31-16-14-24)23(26)19-5-7-20(30-2)8-6-19/h3-10,23H,11-17H2,1-2H3. The summed E-state index contributed by atoms with van der Waals surface area (Å²) in [6, 6.07) is 14.0. The number of hydrogen-bond acceptors (Lipinski definition) is 6. The number of carbonyl (C=O) groups excluding carboxylic acids is 1. The van der Waals surface area contributed by atoms with E-state index in [2.05, 4.69) is 0 Å². The molecule has 2 aliphatic rings. The summed E-state index contributed by atoms with van der Waals surface area (Å²) in [5.41, 5.74) is 1.72. The van der Waals surface area contributed by atoms with Gasteiger partial charge in [0.25, 0.3) is 0 Å². The van der Waals surface area contributed by atoms with Gasteiger partial charge in [-0.25, -0.2) is 8.42 Å². The smallest absolute Gasteiger partial charge is 0.245 e. The number of benzene rings is 2. The van der Waals surface area contributed by atoms with E-state index < -0.39 is 16.2 Å². The van der Waals surface area contributed by atoms with E-state index in [1.807, 2.05) is 24.0 Å². The molecule has 32 heavy (non-hydrogen) atoms. The lowest BCUT2D eigenvalue weighted by Crippen LogP contribution is -2.45. The topological polar surface area (TPSA) is 79.4 Å². The summed E-state index contributed by atoms with van der Waals surface area (Å²) in [7, 11) is -2.21. The van der Waals surface area contributed by atoms with Crippen molar-refractivity contribution in [1.29, 1.82) is 0 Å². The highest BCUT2D eigenvalue weighted by molar-refractivity contribution is 7.89. The van der Waals surface area contributed by atoms with E-state index in [1.54, 1.807) is 48.4 Å². The Morgan fingerprint density at radius 2 is 1.66 bits per heavy atom. The largest absolute Gasteiger partial charge is 0.497 e. The molecule has 0 radical (unpaired) electrons. The van der Waals surface area contributed by atoms with Gasteiger partial charge in [-0.3, -0.25) is 9.69 Å². The van der Waals surface area contributed by atoms with Gasteiger partial charge < -0.3 is 14.4 Å². The second-order valence-electron chi connectivity index (χ2n) is 8.05. The Kier molecular flexibility index (Phi) is 6.80. The summed E-state index contributed by atoms with van der Waals surface area (Å²) < 4.78 is 39.1. The average molecular weight is 460 g/mol. The SMILES string of the molecule is COc1ccc(C2N(C(=O)CN3CCOCC3)CCN2S(=O)(=O)c2ccc(C)cc2)cc1. The Labute approximate surface area is 189 Å². The summed E-state index contributed by atoms with van der Waals surface area (Å²) in [4.78, 5) is 17.2. The Morgan fingerprint density at radius 1 is 1.00 bits per heavy atom. The van der Waals surface area contributed by atoms with Crippen molar-refractivity contribution in [3.05, 3.63) is 59.7 Å². The average Bonchev–Trinajstić information content (AvgIpc) is 3.26. The second-order valence-corrected chi connectivity index (χ2v) is 9.94. The molecule has 2 aromatic carbocycles. The van der Waals surface area contributed by atoms with Crippen LogP contribution in [-0.2, 0) is 19.6 Å². The molecule has 2 aromatic rings. The predicted molar refractivity (Wildman–Crippen MR) is 120 cm³/mol. The number of morpholine rings is 1. The molecule has 172 valence electrons. The van der Waals surface area contributed by atoms with Crippen molar-refractivity contribution >= 4 is 15.9 Å². The van der Waals surface area contributed by atoms with Crippen LogP contribution < -0.4 is 4.74 Å². The minimum absolute atomic E-state index is 0.0886. The van der Waals surface area contributed by atoms with Crippen LogP contribution in [0.4, 0.5) is 0 Å². The van der Waals surface area contributed by atoms with Crippen LogP contribution in [0.15, 0.2) is 53.4 Å². The van der Waals surface area contributed by atoms with Crippen molar-refractivity contribution < 1.29 is 22.7 Å². The zero-order valence-electron chi connectivity index (χ0n) is 18.4. The number of hydrogen-bond donors (Lipinski definition) is 0. The molecule has 2 aliphatic heterocycles. The van der Waals surface area contributed by atoms with E-state index in [0.717, 1.165) is 11.1 Å². The van der Waals surface area contributed by atoms with Crippen molar-refractivity contribution in [2.75, 3.05) is 53.0 Å². The van der Waals surface area contributed by atoms with Crippen LogP contribution in [-0.4, -0.2) is 81.5 Å². The lowest BCUT2D eigenvalue weighted by molar-refractivity contribution is -0.135. The number of rotatable bonds is 6. The highest BCUT2D eigenvalue weighted by Gasteiger charge is 2.43. The molecule has 2 saturated heterocycles. The first-order valence-corrected chi connectivity index (χ1v) is 12.2. The van der Waals surface area contributed by atoms with Gasteiger partial charge in [0.2, 0.25) is 15.9 Å². The van der Waals surface area contributed by atoms with Gasteiger partial charge in [-0.2, -0.15) is 4.31 Å². The first-order valence-electron chi connectivity index (χ1n) is 10.7. The molecule has 4 rings (SSSR count). The fourth-order valence-electron chi connectivity index (χ4n) is 4.13. The molecule has 0 N–H and O–H groups in total. The fourth-order valence-corrected chi connectivity index (χ4v) is 5.70. The zero-order valence-corrected chi connectivity index (χ0v) is 19.3. The Morgan fingerprint density at radius 3 is 2.28 bits per heavy atom. The quantitative estimate of drug-likeness (QED) is 0.656. The monoisotopic (exact) mass is 459 g/mol. The van der Waals surface area contributed by atoms with Gasteiger partial charge in [0.1, 0.15) is 11.9 Å². The van der Waals surface area contributed by atoms with E-state index in [1.165, 1.54) is 4.31 Å². The number of nitrogens with zero attached hydrogens (tertiary/aromatic N) is 3.